The lowest BCUT2D eigenvalue weighted by Gasteiger charge is -2.14. The molecule has 0 amide bonds. The second-order valence-corrected chi connectivity index (χ2v) is 4.71. The number of carboxylic acids is 1. The fourth-order valence-electron chi connectivity index (χ4n) is 2.54. The minimum absolute atomic E-state index is 0.593. The molecule has 0 saturated heterocycles. The molecule has 18 heavy (non-hydrogen) atoms. The summed E-state index contributed by atoms with van der Waals surface area (Å²) < 4.78 is 0. The Morgan fingerprint density at radius 1 is 1.17 bits per heavy atom. The van der Waals surface area contributed by atoms with Crippen molar-refractivity contribution in [3.05, 3.63) is 47.5 Å². The summed E-state index contributed by atoms with van der Waals surface area (Å²) in [6.07, 6.45) is 1.36. The van der Waals surface area contributed by atoms with E-state index in [-0.39, 0.29) is 0 Å². The van der Waals surface area contributed by atoms with Crippen LogP contribution in [0.4, 0.5) is 0 Å². The van der Waals surface area contributed by atoms with Crippen molar-refractivity contribution in [1.29, 1.82) is 5.26 Å². The molecule has 0 aliphatic heterocycles. The highest BCUT2D eigenvalue weighted by molar-refractivity contribution is 5.97. The Morgan fingerprint density at radius 2 is 1.83 bits per heavy atom. The van der Waals surface area contributed by atoms with Crippen LogP contribution >= 0.6 is 0 Å². The molecule has 1 saturated carbocycles. The molecule has 0 heterocycles. The van der Waals surface area contributed by atoms with Gasteiger partial charge in [0.15, 0.2) is 0 Å². The Bertz CT molecular complexity index is 693. The number of nitrogens with zero attached hydrogens (tertiary/aromatic N) is 1. The van der Waals surface area contributed by atoms with E-state index in [1.54, 1.807) is 12.1 Å². The molecule has 88 valence electrons. The number of carboxylic acid groups (broad SMARTS) is 1. The van der Waals surface area contributed by atoms with Crippen LogP contribution in [-0.2, 0) is 10.2 Å². The standard InChI is InChI=1S/C15H11NO2/c16-9-10-5-6-13(15(7-8-15)14(17)18)12-4-2-1-3-11(10)12/h1-6H,7-8H2,(H,17,18). The minimum Gasteiger partial charge on any atom is -0.481 e. The summed E-state index contributed by atoms with van der Waals surface area (Å²) >= 11 is 0. The third-order valence-electron chi connectivity index (χ3n) is 3.72. The first-order chi connectivity index (χ1) is 8.69. The van der Waals surface area contributed by atoms with Crippen molar-refractivity contribution in [2.75, 3.05) is 0 Å². The van der Waals surface area contributed by atoms with Gasteiger partial charge in [-0.25, -0.2) is 0 Å². The fourth-order valence-corrected chi connectivity index (χ4v) is 2.54. The number of hydrogen-bond acceptors (Lipinski definition) is 2. The van der Waals surface area contributed by atoms with Crippen LogP contribution in [0.25, 0.3) is 10.8 Å². The molecule has 1 aliphatic rings. The predicted molar refractivity (Wildman–Crippen MR) is 67.2 cm³/mol. The lowest BCUT2D eigenvalue weighted by atomic mass is 9.89. The van der Waals surface area contributed by atoms with Crippen LogP contribution in [0, 0.1) is 11.3 Å². The molecule has 1 N–H and O–H groups in total. The van der Waals surface area contributed by atoms with Crippen LogP contribution in [-0.4, -0.2) is 11.1 Å². The maximum Gasteiger partial charge on any atom is 0.314 e. The normalized spacial score (nSPS) is 16.2. The Hall–Kier alpha value is -2.34. The van der Waals surface area contributed by atoms with E-state index in [9.17, 15) is 9.90 Å². The topological polar surface area (TPSA) is 61.1 Å². The Balaban J connectivity index is 2.34. The van der Waals surface area contributed by atoms with Gasteiger partial charge in [0.25, 0.3) is 0 Å². The second-order valence-electron chi connectivity index (χ2n) is 4.71. The van der Waals surface area contributed by atoms with Gasteiger partial charge < -0.3 is 5.11 Å². The smallest absolute Gasteiger partial charge is 0.314 e. The zero-order valence-electron chi connectivity index (χ0n) is 9.68. The fraction of sp³-hybridized carbons (Fsp3) is 0.200. The molecule has 0 radical (unpaired) electrons. The van der Waals surface area contributed by atoms with Crippen LogP contribution in [0.5, 0.6) is 0 Å². The van der Waals surface area contributed by atoms with E-state index in [0.717, 1.165) is 16.3 Å². The van der Waals surface area contributed by atoms with E-state index in [2.05, 4.69) is 6.07 Å². The summed E-state index contributed by atoms with van der Waals surface area (Å²) in [5, 5.41) is 20.2. The number of aliphatic carboxylic acids is 1. The molecule has 0 spiro atoms. The maximum atomic E-state index is 11.4. The molecule has 0 aromatic heterocycles. The Labute approximate surface area is 104 Å². The molecule has 3 heteroatoms. The molecular formula is C15H11NO2. The number of carbonyl (C=O) groups is 1. The summed E-state index contributed by atoms with van der Waals surface area (Å²) in [6, 6.07) is 13.2. The molecule has 2 aromatic rings. The van der Waals surface area contributed by atoms with Gasteiger partial charge >= 0.3 is 5.97 Å². The number of fused-ring (bicyclic) bond motifs is 1. The third-order valence-corrected chi connectivity index (χ3v) is 3.72. The Morgan fingerprint density at radius 3 is 2.39 bits per heavy atom. The van der Waals surface area contributed by atoms with Crippen molar-refractivity contribution < 1.29 is 9.90 Å². The first kappa shape index (κ1) is 10.8. The van der Waals surface area contributed by atoms with Gasteiger partial charge in [0.1, 0.15) is 0 Å². The number of rotatable bonds is 2. The molecule has 2 aromatic carbocycles. The first-order valence-electron chi connectivity index (χ1n) is 5.85. The van der Waals surface area contributed by atoms with E-state index >= 15 is 0 Å². The average Bonchev–Trinajstić information content (AvgIpc) is 3.19. The summed E-state index contributed by atoms with van der Waals surface area (Å²) in [6.45, 7) is 0. The van der Waals surface area contributed by atoms with Gasteiger partial charge in [0.05, 0.1) is 17.0 Å². The highest BCUT2D eigenvalue weighted by atomic mass is 16.4. The lowest BCUT2D eigenvalue weighted by Crippen LogP contribution is -2.19. The first-order valence-corrected chi connectivity index (χ1v) is 5.85. The summed E-state index contributed by atoms with van der Waals surface area (Å²) in [7, 11) is 0. The van der Waals surface area contributed by atoms with Crippen molar-refractivity contribution in [1.82, 2.24) is 0 Å². The van der Waals surface area contributed by atoms with E-state index in [0.29, 0.717) is 18.4 Å². The molecule has 1 fully saturated rings. The predicted octanol–water partition coefficient (Wildman–Crippen LogP) is 2.83. The van der Waals surface area contributed by atoms with Crippen molar-refractivity contribution >= 4 is 16.7 Å². The summed E-state index contributed by atoms with van der Waals surface area (Å²) in [5.74, 6) is -0.766. The molecule has 0 atom stereocenters. The minimum atomic E-state index is -0.766. The number of benzene rings is 2. The number of nitriles is 1. The SMILES string of the molecule is N#Cc1ccc(C2(C(=O)O)CC2)c2ccccc12. The highest BCUT2D eigenvalue weighted by Gasteiger charge is 2.52. The largest absolute Gasteiger partial charge is 0.481 e. The van der Waals surface area contributed by atoms with E-state index in [1.807, 2.05) is 24.3 Å². The van der Waals surface area contributed by atoms with Crippen molar-refractivity contribution in [3.63, 3.8) is 0 Å². The van der Waals surface area contributed by atoms with Crippen LogP contribution in [0.3, 0.4) is 0 Å². The zero-order valence-corrected chi connectivity index (χ0v) is 9.68. The van der Waals surface area contributed by atoms with Gasteiger partial charge in [-0.2, -0.15) is 5.26 Å². The van der Waals surface area contributed by atoms with Gasteiger partial charge in [-0.3, -0.25) is 4.79 Å². The monoisotopic (exact) mass is 237 g/mol. The highest BCUT2D eigenvalue weighted by Crippen LogP contribution is 2.50. The van der Waals surface area contributed by atoms with E-state index in [4.69, 9.17) is 5.26 Å². The summed E-state index contributed by atoms with van der Waals surface area (Å²) in [5.41, 5.74) is 0.702. The molecule has 3 rings (SSSR count). The van der Waals surface area contributed by atoms with Gasteiger partial charge in [-0.1, -0.05) is 30.3 Å². The zero-order chi connectivity index (χ0) is 12.8. The van der Waals surface area contributed by atoms with Crippen molar-refractivity contribution in [2.24, 2.45) is 0 Å². The lowest BCUT2D eigenvalue weighted by molar-refractivity contribution is -0.139. The molecular weight excluding hydrogens is 226 g/mol. The summed E-state index contributed by atoms with van der Waals surface area (Å²) in [4.78, 5) is 11.4. The molecule has 0 bridgehead atoms. The van der Waals surface area contributed by atoms with E-state index in [1.165, 1.54) is 0 Å². The van der Waals surface area contributed by atoms with Crippen molar-refractivity contribution in [2.45, 2.75) is 18.3 Å². The van der Waals surface area contributed by atoms with Crippen molar-refractivity contribution in [3.8, 4) is 6.07 Å². The molecule has 3 nitrogen and oxygen atoms in total. The van der Waals surface area contributed by atoms with Gasteiger partial charge in [-0.15, -0.1) is 0 Å². The average molecular weight is 237 g/mol. The third kappa shape index (κ3) is 1.32. The van der Waals surface area contributed by atoms with E-state index < -0.39 is 11.4 Å². The van der Waals surface area contributed by atoms with Crippen LogP contribution in [0.15, 0.2) is 36.4 Å². The van der Waals surface area contributed by atoms with Gasteiger partial charge in [0.2, 0.25) is 0 Å². The second kappa shape index (κ2) is 3.58. The maximum absolute atomic E-state index is 11.4. The molecule has 0 unspecified atom stereocenters. The molecule has 1 aliphatic carbocycles. The van der Waals surface area contributed by atoms with Crippen LogP contribution in [0.2, 0.25) is 0 Å². The number of hydrogen-bond donors (Lipinski definition) is 1. The van der Waals surface area contributed by atoms with Gasteiger partial charge in [-0.05, 0) is 35.2 Å². The van der Waals surface area contributed by atoms with Gasteiger partial charge in [0, 0.05) is 0 Å². The van der Waals surface area contributed by atoms with Crippen LogP contribution < -0.4 is 0 Å². The Kier molecular flexibility index (Phi) is 2.14. The quantitative estimate of drug-likeness (QED) is 0.873. The van der Waals surface area contributed by atoms with Crippen LogP contribution in [0.1, 0.15) is 24.0 Å².